The lowest BCUT2D eigenvalue weighted by Gasteiger charge is -2.21. The number of nitrogens with one attached hydrogen (secondary N) is 1. The van der Waals surface area contributed by atoms with Gasteiger partial charge in [0.05, 0.1) is 5.54 Å². The smallest absolute Gasteiger partial charge is 0.237 e. The van der Waals surface area contributed by atoms with Crippen molar-refractivity contribution in [2.45, 2.75) is 45.8 Å². The summed E-state index contributed by atoms with van der Waals surface area (Å²) in [5.74, 6) is -0.333. The van der Waals surface area contributed by atoms with Crippen LogP contribution < -0.4 is 11.1 Å². The normalized spacial score (nSPS) is 11.7. The van der Waals surface area contributed by atoms with Crippen molar-refractivity contribution >= 4 is 5.91 Å². The van der Waals surface area contributed by atoms with Crippen molar-refractivity contribution in [3.05, 3.63) is 24.0 Å². The summed E-state index contributed by atoms with van der Waals surface area (Å²) < 4.78 is 2.15. The standard InChI is InChI=1S/C12H21N3O/c1-4-6-15-7-5-10(9-15)8-14-12(2,3)11(13)16/h5,7,9,14H,4,6,8H2,1-3H3,(H2,13,16). The van der Waals surface area contributed by atoms with Crippen LogP contribution in [-0.2, 0) is 17.9 Å². The second-order valence-corrected chi connectivity index (χ2v) is 4.60. The number of aromatic nitrogens is 1. The number of rotatable bonds is 6. The number of amides is 1. The molecule has 0 aliphatic carbocycles. The highest BCUT2D eigenvalue weighted by Crippen LogP contribution is 2.06. The first kappa shape index (κ1) is 12.8. The Balaban J connectivity index is 2.51. The molecule has 0 aliphatic rings. The molecular formula is C12H21N3O. The maximum absolute atomic E-state index is 11.1. The minimum Gasteiger partial charge on any atom is -0.368 e. The third kappa shape index (κ3) is 3.38. The lowest BCUT2D eigenvalue weighted by atomic mass is 10.1. The van der Waals surface area contributed by atoms with E-state index in [4.69, 9.17) is 5.73 Å². The quantitative estimate of drug-likeness (QED) is 0.762. The minimum atomic E-state index is -0.660. The lowest BCUT2D eigenvalue weighted by molar-refractivity contribution is -0.123. The molecule has 0 fully saturated rings. The molecule has 90 valence electrons. The van der Waals surface area contributed by atoms with Gasteiger partial charge < -0.3 is 10.3 Å². The Morgan fingerprint density at radius 1 is 1.56 bits per heavy atom. The highest BCUT2D eigenvalue weighted by atomic mass is 16.1. The number of nitrogens with two attached hydrogens (primary N) is 1. The molecule has 4 heteroatoms. The summed E-state index contributed by atoms with van der Waals surface area (Å²) in [5, 5.41) is 3.14. The molecule has 1 rings (SSSR count). The van der Waals surface area contributed by atoms with Crippen LogP contribution in [0, 0.1) is 0 Å². The monoisotopic (exact) mass is 223 g/mol. The van der Waals surface area contributed by atoms with Gasteiger partial charge in [-0.05, 0) is 31.9 Å². The van der Waals surface area contributed by atoms with Crippen LogP contribution >= 0.6 is 0 Å². The first-order chi connectivity index (χ1) is 7.45. The van der Waals surface area contributed by atoms with E-state index in [-0.39, 0.29) is 5.91 Å². The van der Waals surface area contributed by atoms with Crippen molar-refractivity contribution in [3.63, 3.8) is 0 Å². The van der Waals surface area contributed by atoms with Crippen molar-refractivity contribution in [1.29, 1.82) is 0 Å². The first-order valence-electron chi connectivity index (χ1n) is 5.65. The molecule has 1 aromatic heterocycles. The molecule has 4 nitrogen and oxygen atoms in total. The molecule has 0 atom stereocenters. The van der Waals surface area contributed by atoms with Gasteiger partial charge in [-0.2, -0.15) is 0 Å². The van der Waals surface area contributed by atoms with E-state index in [0.29, 0.717) is 6.54 Å². The van der Waals surface area contributed by atoms with Gasteiger partial charge in [0, 0.05) is 25.5 Å². The van der Waals surface area contributed by atoms with Crippen molar-refractivity contribution < 1.29 is 4.79 Å². The number of aryl methyl sites for hydroxylation is 1. The zero-order chi connectivity index (χ0) is 12.2. The lowest BCUT2D eigenvalue weighted by Crippen LogP contribution is -2.50. The van der Waals surface area contributed by atoms with Crippen molar-refractivity contribution in [3.8, 4) is 0 Å². The van der Waals surface area contributed by atoms with E-state index in [9.17, 15) is 4.79 Å². The third-order valence-electron chi connectivity index (χ3n) is 2.64. The number of hydrogen-bond acceptors (Lipinski definition) is 2. The van der Waals surface area contributed by atoms with E-state index in [1.165, 1.54) is 5.56 Å². The summed E-state index contributed by atoms with van der Waals surface area (Å²) in [7, 11) is 0. The molecular weight excluding hydrogens is 202 g/mol. The molecule has 16 heavy (non-hydrogen) atoms. The van der Waals surface area contributed by atoms with Gasteiger partial charge in [-0.1, -0.05) is 6.92 Å². The van der Waals surface area contributed by atoms with Crippen LogP contribution in [0.15, 0.2) is 18.5 Å². The predicted molar refractivity (Wildman–Crippen MR) is 64.8 cm³/mol. The average Bonchev–Trinajstić information content (AvgIpc) is 2.63. The number of hydrogen-bond donors (Lipinski definition) is 2. The summed E-state index contributed by atoms with van der Waals surface area (Å²) >= 11 is 0. The minimum absolute atomic E-state index is 0.333. The van der Waals surface area contributed by atoms with E-state index >= 15 is 0 Å². The largest absolute Gasteiger partial charge is 0.368 e. The van der Waals surface area contributed by atoms with Gasteiger partial charge in [0.15, 0.2) is 0 Å². The average molecular weight is 223 g/mol. The van der Waals surface area contributed by atoms with Crippen LogP contribution in [0.4, 0.5) is 0 Å². The van der Waals surface area contributed by atoms with Gasteiger partial charge in [-0.15, -0.1) is 0 Å². The van der Waals surface area contributed by atoms with Gasteiger partial charge in [0.25, 0.3) is 0 Å². The zero-order valence-electron chi connectivity index (χ0n) is 10.3. The van der Waals surface area contributed by atoms with E-state index in [1.807, 2.05) is 0 Å². The fraction of sp³-hybridized carbons (Fsp3) is 0.583. The van der Waals surface area contributed by atoms with Crippen LogP contribution in [0.5, 0.6) is 0 Å². The molecule has 0 bridgehead atoms. The van der Waals surface area contributed by atoms with Crippen LogP contribution in [0.1, 0.15) is 32.8 Å². The third-order valence-corrected chi connectivity index (χ3v) is 2.64. The molecule has 1 amide bonds. The van der Waals surface area contributed by atoms with E-state index < -0.39 is 5.54 Å². The highest BCUT2D eigenvalue weighted by Gasteiger charge is 2.23. The summed E-state index contributed by atoms with van der Waals surface area (Å²) in [6.07, 6.45) is 5.26. The van der Waals surface area contributed by atoms with Gasteiger partial charge >= 0.3 is 0 Å². The second-order valence-electron chi connectivity index (χ2n) is 4.60. The number of primary amides is 1. The topological polar surface area (TPSA) is 60.1 Å². The molecule has 0 saturated carbocycles. The Bertz CT molecular complexity index is 355. The molecule has 0 saturated heterocycles. The maximum Gasteiger partial charge on any atom is 0.237 e. The SMILES string of the molecule is CCCn1ccc(CNC(C)(C)C(N)=O)c1. The van der Waals surface area contributed by atoms with Crippen molar-refractivity contribution in [1.82, 2.24) is 9.88 Å². The molecule has 0 aromatic carbocycles. The number of carbonyl (C=O) groups excluding carboxylic acids is 1. The van der Waals surface area contributed by atoms with Gasteiger partial charge in [-0.25, -0.2) is 0 Å². The zero-order valence-corrected chi connectivity index (χ0v) is 10.3. The fourth-order valence-corrected chi connectivity index (χ4v) is 1.40. The molecule has 1 aromatic rings. The summed E-state index contributed by atoms with van der Waals surface area (Å²) in [4.78, 5) is 11.1. The Hall–Kier alpha value is -1.29. The molecule has 0 aliphatic heterocycles. The molecule has 0 radical (unpaired) electrons. The summed E-state index contributed by atoms with van der Waals surface area (Å²) in [6, 6.07) is 2.06. The Kier molecular flexibility index (Phi) is 4.12. The first-order valence-corrected chi connectivity index (χ1v) is 5.65. The van der Waals surface area contributed by atoms with E-state index in [2.05, 4.69) is 35.3 Å². The van der Waals surface area contributed by atoms with E-state index in [1.54, 1.807) is 13.8 Å². The summed E-state index contributed by atoms with van der Waals surface area (Å²) in [5.41, 5.74) is 5.79. The Morgan fingerprint density at radius 3 is 2.81 bits per heavy atom. The van der Waals surface area contributed by atoms with Crippen molar-refractivity contribution in [2.75, 3.05) is 0 Å². The Labute approximate surface area is 96.8 Å². The van der Waals surface area contributed by atoms with Gasteiger partial charge in [0.1, 0.15) is 0 Å². The van der Waals surface area contributed by atoms with Gasteiger partial charge in [0.2, 0.25) is 5.91 Å². The molecule has 1 heterocycles. The van der Waals surface area contributed by atoms with Gasteiger partial charge in [-0.3, -0.25) is 10.1 Å². The molecule has 3 N–H and O–H groups in total. The van der Waals surface area contributed by atoms with Crippen LogP contribution in [0.3, 0.4) is 0 Å². The van der Waals surface area contributed by atoms with Crippen molar-refractivity contribution in [2.24, 2.45) is 5.73 Å². The molecule has 0 unspecified atom stereocenters. The van der Waals surface area contributed by atoms with Crippen LogP contribution in [0.2, 0.25) is 0 Å². The predicted octanol–water partition coefficient (Wildman–Crippen LogP) is 1.25. The highest BCUT2D eigenvalue weighted by molar-refractivity contribution is 5.83. The fourth-order valence-electron chi connectivity index (χ4n) is 1.40. The maximum atomic E-state index is 11.1. The number of nitrogens with zero attached hydrogens (tertiary/aromatic N) is 1. The van der Waals surface area contributed by atoms with Crippen LogP contribution in [-0.4, -0.2) is 16.0 Å². The van der Waals surface area contributed by atoms with E-state index in [0.717, 1.165) is 13.0 Å². The van der Waals surface area contributed by atoms with Crippen LogP contribution in [0.25, 0.3) is 0 Å². The second kappa shape index (κ2) is 5.16. The Morgan fingerprint density at radius 2 is 2.25 bits per heavy atom. The number of carbonyl (C=O) groups is 1. The summed E-state index contributed by atoms with van der Waals surface area (Å²) in [6.45, 7) is 7.41. The molecule has 0 spiro atoms.